The lowest BCUT2D eigenvalue weighted by atomic mass is 10.3. The summed E-state index contributed by atoms with van der Waals surface area (Å²) in [7, 11) is 5.80. The van der Waals surface area contributed by atoms with Crippen molar-refractivity contribution in [3.05, 3.63) is 0 Å². The van der Waals surface area contributed by atoms with E-state index in [4.69, 9.17) is 5.11 Å². The van der Waals surface area contributed by atoms with E-state index in [-0.39, 0.29) is 18.5 Å². The highest BCUT2D eigenvalue weighted by Gasteiger charge is 2.33. The number of aliphatic carboxylic acids is 1. The summed E-state index contributed by atoms with van der Waals surface area (Å²) in [5.74, 6) is -0.853. The summed E-state index contributed by atoms with van der Waals surface area (Å²) in [4.78, 5) is 28.4. The molecule has 0 aliphatic heterocycles. The van der Waals surface area contributed by atoms with Gasteiger partial charge in [0.25, 0.3) is 0 Å². The molecule has 1 rings (SSSR count). The summed E-state index contributed by atoms with van der Waals surface area (Å²) in [5, 5.41) is 8.73. The molecule has 6 nitrogen and oxygen atoms in total. The van der Waals surface area contributed by atoms with Crippen LogP contribution in [-0.2, 0) is 4.79 Å². The minimum Gasteiger partial charge on any atom is -0.481 e. The molecule has 0 radical (unpaired) electrons. The van der Waals surface area contributed by atoms with Gasteiger partial charge in [-0.15, -0.1) is 0 Å². The first-order valence-electron chi connectivity index (χ1n) is 6.80. The molecule has 0 saturated heterocycles. The van der Waals surface area contributed by atoms with Gasteiger partial charge in [-0.1, -0.05) is 0 Å². The highest BCUT2D eigenvalue weighted by atomic mass is 16.4. The molecule has 1 aliphatic carbocycles. The Morgan fingerprint density at radius 2 is 1.74 bits per heavy atom. The van der Waals surface area contributed by atoms with E-state index in [0.717, 1.165) is 25.8 Å². The topological polar surface area (TPSA) is 64.1 Å². The second kappa shape index (κ2) is 7.33. The van der Waals surface area contributed by atoms with E-state index in [0.29, 0.717) is 13.1 Å². The van der Waals surface area contributed by atoms with Gasteiger partial charge in [-0.05, 0) is 39.9 Å². The van der Waals surface area contributed by atoms with Gasteiger partial charge >= 0.3 is 12.0 Å². The number of carbonyl (C=O) groups excluding carboxylic acids is 1. The van der Waals surface area contributed by atoms with E-state index >= 15 is 0 Å². The van der Waals surface area contributed by atoms with E-state index in [1.807, 2.05) is 14.1 Å². The first-order chi connectivity index (χ1) is 8.91. The van der Waals surface area contributed by atoms with E-state index in [9.17, 15) is 9.59 Å². The second-order valence-electron chi connectivity index (χ2n) is 5.43. The number of hydrogen-bond acceptors (Lipinski definition) is 3. The number of hydrogen-bond donors (Lipinski definition) is 1. The molecule has 0 atom stereocenters. The zero-order chi connectivity index (χ0) is 14.4. The first-order valence-corrected chi connectivity index (χ1v) is 6.80. The van der Waals surface area contributed by atoms with E-state index in [1.54, 1.807) is 16.8 Å². The average Bonchev–Trinajstić information content (AvgIpc) is 3.12. The van der Waals surface area contributed by atoms with Gasteiger partial charge in [0, 0.05) is 26.2 Å². The Labute approximate surface area is 115 Å². The Bertz CT molecular complexity index is 316. The van der Waals surface area contributed by atoms with Crippen molar-refractivity contribution in [3.8, 4) is 0 Å². The van der Waals surface area contributed by atoms with Gasteiger partial charge in [0.15, 0.2) is 0 Å². The van der Waals surface area contributed by atoms with E-state index < -0.39 is 5.97 Å². The smallest absolute Gasteiger partial charge is 0.320 e. The van der Waals surface area contributed by atoms with Crippen LogP contribution in [0.1, 0.15) is 25.7 Å². The van der Waals surface area contributed by atoms with Gasteiger partial charge in [0.05, 0.1) is 6.42 Å². The Balaban J connectivity index is 2.39. The van der Waals surface area contributed by atoms with Gasteiger partial charge in [-0.2, -0.15) is 0 Å². The van der Waals surface area contributed by atoms with Crippen LogP contribution in [0, 0.1) is 0 Å². The minimum absolute atomic E-state index is 0.0216. The highest BCUT2D eigenvalue weighted by molar-refractivity contribution is 5.76. The maximum absolute atomic E-state index is 12.3. The summed E-state index contributed by atoms with van der Waals surface area (Å²) >= 11 is 0. The number of carboxylic acids is 1. The molecular formula is C13H25N3O3. The summed E-state index contributed by atoms with van der Waals surface area (Å²) in [6.07, 6.45) is 2.94. The standard InChI is InChI=1S/C13H25N3O3/c1-14(2)8-4-9-15(3)13(19)16(11-5-6-11)10-7-12(17)18/h11H,4-10H2,1-3H3,(H,17,18). The number of urea groups is 1. The summed E-state index contributed by atoms with van der Waals surface area (Å²) in [5.41, 5.74) is 0. The maximum Gasteiger partial charge on any atom is 0.320 e. The fraction of sp³-hybridized carbons (Fsp3) is 0.846. The van der Waals surface area contributed by atoms with Crippen molar-refractivity contribution in [1.82, 2.24) is 14.7 Å². The van der Waals surface area contributed by atoms with E-state index in [1.165, 1.54) is 0 Å². The average molecular weight is 271 g/mol. The number of amides is 2. The number of carboxylic acid groups (broad SMARTS) is 1. The lowest BCUT2D eigenvalue weighted by molar-refractivity contribution is -0.137. The number of nitrogens with zero attached hydrogens (tertiary/aromatic N) is 3. The molecule has 2 amide bonds. The molecule has 1 fully saturated rings. The van der Waals surface area contributed by atoms with Crippen LogP contribution in [0.4, 0.5) is 4.79 Å². The molecule has 6 heteroatoms. The van der Waals surface area contributed by atoms with Crippen LogP contribution < -0.4 is 0 Å². The van der Waals surface area contributed by atoms with Gasteiger partial charge < -0.3 is 19.8 Å². The Kier molecular flexibility index (Phi) is 6.08. The molecule has 0 aromatic heterocycles. The minimum atomic E-state index is -0.853. The molecule has 0 spiro atoms. The third-order valence-corrected chi connectivity index (χ3v) is 3.23. The van der Waals surface area contributed by atoms with Gasteiger partial charge in [-0.25, -0.2) is 4.79 Å². The van der Waals surface area contributed by atoms with Crippen molar-refractivity contribution in [2.45, 2.75) is 31.7 Å². The molecule has 1 N–H and O–H groups in total. The van der Waals surface area contributed by atoms with Crippen molar-refractivity contribution in [3.63, 3.8) is 0 Å². The summed E-state index contributed by atoms with van der Waals surface area (Å²) in [6.45, 7) is 1.96. The number of rotatable bonds is 8. The summed E-state index contributed by atoms with van der Waals surface area (Å²) < 4.78 is 0. The third kappa shape index (κ3) is 5.92. The Morgan fingerprint density at radius 1 is 1.11 bits per heavy atom. The largest absolute Gasteiger partial charge is 0.481 e. The zero-order valence-corrected chi connectivity index (χ0v) is 12.1. The van der Waals surface area contributed by atoms with Crippen LogP contribution in [0.15, 0.2) is 0 Å². The molecule has 0 aromatic carbocycles. The molecule has 110 valence electrons. The highest BCUT2D eigenvalue weighted by Crippen LogP contribution is 2.27. The third-order valence-electron chi connectivity index (χ3n) is 3.23. The predicted octanol–water partition coefficient (Wildman–Crippen LogP) is 0.929. The zero-order valence-electron chi connectivity index (χ0n) is 12.1. The van der Waals surface area contributed by atoms with Crippen molar-refractivity contribution in [2.75, 3.05) is 40.8 Å². The molecule has 0 bridgehead atoms. The fourth-order valence-electron chi connectivity index (χ4n) is 1.98. The molecule has 0 heterocycles. The predicted molar refractivity (Wildman–Crippen MR) is 73.2 cm³/mol. The molecule has 1 aliphatic rings. The van der Waals surface area contributed by atoms with Crippen LogP contribution in [0.25, 0.3) is 0 Å². The SMILES string of the molecule is CN(C)CCCN(C)C(=O)N(CCC(=O)O)C1CC1. The molecule has 0 aromatic rings. The fourth-order valence-corrected chi connectivity index (χ4v) is 1.98. The molecular weight excluding hydrogens is 246 g/mol. The summed E-state index contributed by atoms with van der Waals surface area (Å²) in [6, 6.07) is 0.214. The van der Waals surface area contributed by atoms with Crippen LogP contribution in [-0.4, -0.2) is 78.6 Å². The van der Waals surface area contributed by atoms with Gasteiger partial charge in [0.2, 0.25) is 0 Å². The Hall–Kier alpha value is -1.30. The first kappa shape index (κ1) is 15.8. The van der Waals surface area contributed by atoms with Crippen molar-refractivity contribution < 1.29 is 14.7 Å². The van der Waals surface area contributed by atoms with Crippen molar-refractivity contribution >= 4 is 12.0 Å². The molecule has 0 unspecified atom stereocenters. The van der Waals surface area contributed by atoms with Gasteiger partial charge in [0.1, 0.15) is 0 Å². The Morgan fingerprint density at radius 3 is 2.21 bits per heavy atom. The van der Waals surface area contributed by atoms with E-state index in [2.05, 4.69) is 4.90 Å². The quantitative estimate of drug-likeness (QED) is 0.713. The van der Waals surface area contributed by atoms with Crippen molar-refractivity contribution in [2.24, 2.45) is 0 Å². The van der Waals surface area contributed by atoms with Crippen LogP contribution in [0.2, 0.25) is 0 Å². The normalized spacial score (nSPS) is 14.5. The van der Waals surface area contributed by atoms with Crippen molar-refractivity contribution in [1.29, 1.82) is 0 Å². The van der Waals surface area contributed by atoms with Crippen LogP contribution >= 0.6 is 0 Å². The van der Waals surface area contributed by atoms with Crippen LogP contribution in [0.3, 0.4) is 0 Å². The monoisotopic (exact) mass is 271 g/mol. The second-order valence-corrected chi connectivity index (χ2v) is 5.43. The van der Waals surface area contributed by atoms with Crippen LogP contribution in [0.5, 0.6) is 0 Å². The lowest BCUT2D eigenvalue weighted by Crippen LogP contribution is -2.44. The van der Waals surface area contributed by atoms with Gasteiger partial charge in [-0.3, -0.25) is 4.79 Å². The molecule has 19 heavy (non-hydrogen) atoms. The molecule has 1 saturated carbocycles. The maximum atomic E-state index is 12.3. The lowest BCUT2D eigenvalue weighted by Gasteiger charge is -2.28. The number of carbonyl (C=O) groups is 2.